The quantitative estimate of drug-likeness (QED) is 0.329. The molecule has 2 aromatic carbocycles. The van der Waals surface area contributed by atoms with E-state index in [-0.39, 0.29) is 0 Å². The lowest BCUT2D eigenvalue weighted by atomic mass is 10.1. The predicted molar refractivity (Wildman–Crippen MR) is 124 cm³/mol. The molecule has 8 nitrogen and oxygen atoms in total. The number of hydrogen-bond donors (Lipinski definition) is 0. The van der Waals surface area contributed by atoms with Crippen molar-refractivity contribution in [2.24, 2.45) is 0 Å². The van der Waals surface area contributed by atoms with E-state index in [1.807, 2.05) is 71.6 Å². The van der Waals surface area contributed by atoms with E-state index < -0.39 is 0 Å². The van der Waals surface area contributed by atoms with E-state index in [0.717, 1.165) is 58.8 Å². The summed E-state index contributed by atoms with van der Waals surface area (Å²) in [5.41, 5.74) is 3.19. The van der Waals surface area contributed by atoms with Gasteiger partial charge in [0.05, 0.1) is 5.75 Å². The lowest BCUT2D eigenvalue weighted by Gasteiger charge is -2.13. The van der Waals surface area contributed by atoms with Crippen LogP contribution in [0.1, 0.15) is 42.5 Å². The van der Waals surface area contributed by atoms with Gasteiger partial charge >= 0.3 is 0 Å². The number of benzene rings is 2. The Hall–Kier alpha value is -3.20. The van der Waals surface area contributed by atoms with Crippen LogP contribution in [0.4, 0.5) is 0 Å². The molecule has 32 heavy (non-hydrogen) atoms. The molecule has 2 aromatic heterocycles. The Morgan fingerprint density at radius 3 is 2.44 bits per heavy atom. The van der Waals surface area contributed by atoms with E-state index in [1.54, 1.807) is 11.8 Å². The third-order valence-electron chi connectivity index (χ3n) is 5.13. The summed E-state index contributed by atoms with van der Waals surface area (Å²) >= 11 is 1.57. The molecule has 4 rings (SSSR count). The normalized spacial score (nSPS) is 11.1. The molecule has 2 heterocycles. The predicted octanol–water partition coefficient (Wildman–Crippen LogP) is 4.54. The maximum absolute atomic E-state index is 6.17. The first-order valence-electron chi connectivity index (χ1n) is 10.7. The lowest BCUT2D eigenvalue weighted by molar-refractivity contribution is 0.289. The first-order chi connectivity index (χ1) is 15.7. The number of ether oxygens (including phenoxy) is 1. The number of tetrazole rings is 1. The second-order valence-corrected chi connectivity index (χ2v) is 8.48. The minimum atomic E-state index is 0.322. The molecule has 0 saturated heterocycles. The molecule has 0 spiro atoms. The summed E-state index contributed by atoms with van der Waals surface area (Å²) in [6.07, 6.45) is 2.14. The highest BCUT2D eigenvalue weighted by Crippen LogP contribution is 2.27. The maximum Gasteiger partial charge on any atom is 0.196 e. The molecule has 0 unspecified atom stereocenters. The topological polar surface area (TPSA) is 83.5 Å². The van der Waals surface area contributed by atoms with Gasteiger partial charge in [0.15, 0.2) is 16.8 Å². The third kappa shape index (κ3) is 4.99. The first kappa shape index (κ1) is 22.0. The van der Waals surface area contributed by atoms with Crippen LogP contribution in [-0.4, -0.2) is 35.0 Å². The molecule has 0 amide bonds. The Labute approximate surface area is 192 Å². The molecule has 0 bridgehead atoms. The average molecular weight is 450 g/mol. The van der Waals surface area contributed by atoms with Gasteiger partial charge in [-0.05, 0) is 54.0 Å². The number of nitrogens with zero attached hydrogens (tertiary/aromatic N) is 7. The number of rotatable bonds is 10. The lowest BCUT2D eigenvalue weighted by Crippen LogP contribution is -2.08. The molecule has 0 saturated carbocycles. The van der Waals surface area contributed by atoms with Crippen molar-refractivity contribution in [1.29, 1.82) is 0 Å². The van der Waals surface area contributed by atoms with E-state index in [1.165, 1.54) is 0 Å². The van der Waals surface area contributed by atoms with Crippen molar-refractivity contribution in [3.05, 3.63) is 71.3 Å². The van der Waals surface area contributed by atoms with Gasteiger partial charge in [0, 0.05) is 12.2 Å². The van der Waals surface area contributed by atoms with Crippen molar-refractivity contribution in [3.8, 4) is 11.4 Å². The van der Waals surface area contributed by atoms with E-state index in [9.17, 15) is 0 Å². The molecule has 0 atom stereocenters. The molecular formula is C23H27N7OS. The van der Waals surface area contributed by atoms with Crippen LogP contribution in [0.2, 0.25) is 0 Å². The minimum absolute atomic E-state index is 0.322. The van der Waals surface area contributed by atoms with Crippen molar-refractivity contribution in [1.82, 2.24) is 35.0 Å². The summed E-state index contributed by atoms with van der Waals surface area (Å²) in [5, 5.41) is 21.8. The summed E-state index contributed by atoms with van der Waals surface area (Å²) < 4.78 is 10.1. The third-order valence-corrected chi connectivity index (χ3v) is 6.05. The number of hydrogen-bond acceptors (Lipinski definition) is 7. The number of para-hydroxylation sites is 2. The maximum atomic E-state index is 6.17. The van der Waals surface area contributed by atoms with Crippen molar-refractivity contribution in [2.45, 2.75) is 57.7 Å². The molecule has 166 valence electrons. The average Bonchev–Trinajstić information content (AvgIpc) is 3.43. The zero-order chi connectivity index (χ0) is 22.3. The van der Waals surface area contributed by atoms with E-state index >= 15 is 0 Å². The van der Waals surface area contributed by atoms with E-state index in [4.69, 9.17) is 4.74 Å². The summed E-state index contributed by atoms with van der Waals surface area (Å²) in [6, 6.07) is 16.2. The number of thioether (sulfide) groups is 1. The van der Waals surface area contributed by atoms with Gasteiger partial charge in [0.1, 0.15) is 12.4 Å². The van der Waals surface area contributed by atoms with Crippen molar-refractivity contribution < 1.29 is 4.74 Å². The molecule has 9 heteroatoms. The van der Waals surface area contributed by atoms with Crippen LogP contribution in [0.3, 0.4) is 0 Å². The molecule has 0 aliphatic carbocycles. The smallest absolute Gasteiger partial charge is 0.196 e. The largest absolute Gasteiger partial charge is 0.485 e. The van der Waals surface area contributed by atoms with E-state index in [2.05, 4.69) is 32.6 Å². The summed E-state index contributed by atoms with van der Waals surface area (Å²) in [6.45, 7) is 7.40. The highest BCUT2D eigenvalue weighted by atomic mass is 32.2. The number of unbranched alkanes of at least 4 members (excludes halogenated alkanes) is 1. The summed E-state index contributed by atoms with van der Waals surface area (Å²) in [5.74, 6) is 3.07. The second kappa shape index (κ2) is 10.4. The van der Waals surface area contributed by atoms with Crippen LogP contribution in [0.5, 0.6) is 5.75 Å². The Kier molecular flexibility index (Phi) is 7.16. The minimum Gasteiger partial charge on any atom is -0.485 e. The zero-order valence-electron chi connectivity index (χ0n) is 18.6. The SMILES string of the molecule is CCCCn1nnnc1CSc1nnc(COc2c(C)cccc2C)n1-c1ccccc1. The van der Waals surface area contributed by atoms with Crippen molar-refractivity contribution in [2.75, 3.05) is 0 Å². The van der Waals surface area contributed by atoms with Crippen LogP contribution in [0.25, 0.3) is 5.69 Å². The molecule has 0 aliphatic rings. The number of aromatic nitrogens is 7. The summed E-state index contributed by atoms with van der Waals surface area (Å²) in [7, 11) is 0. The standard InChI is InChI=1S/C23H27N7OS/c1-4-5-14-29-21(25-27-28-29)16-32-23-26-24-20(30(23)19-12-7-6-8-13-19)15-31-22-17(2)10-9-11-18(22)3/h6-13H,4-5,14-16H2,1-3H3. The monoisotopic (exact) mass is 449 g/mol. The van der Waals surface area contributed by atoms with Gasteiger partial charge in [0.25, 0.3) is 0 Å². The van der Waals surface area contributed by atoms with Gasteiger partial charge in [-0.15, -0.1) is 15.3 Å². The molecule has 0 N–H and O–H groups in total. The van der Waals surface area contributed by atoms with Gasteiger partial charge in [-0.2, -0.15) is 0 Å². The van der Waals surface area contributed by atoms with Crippen LogP contribution in [-0.2, 0) is 18.9 Å². The van der Waals surface area contributed by atoms with Gasteiger partial charge in [-0.1, -0.05) is 61.5 Å². The molecule has 0 fully saturated rings. The Bertz CT molecular complexity index is 1140. The van der Waals surface area contributed by atoms with Crippen LogP contribution < -0.4 is 4.74 Å². The second-order valence-electron chi connectivity index (χ2n) is 7.54. The highest BCUT2D eigenvalue weighted by molar-refractivity contribution is 7.98. The van der Waals surface area contributed by atoms with Crippen molar-refractivity contribution >= 4 is 11.8 Å². The van der Waals surface area contributed by atoms with Crippen LogP contribution in [0, 0.1) is 13.8 Å². The first-order valence-corrected chi connectivity index (χ1v) is 11.7. The van der Waals surface area contributed by atoms with Gasteiger partial charge in [-0.25, -0.2) is 4.68 Å². The molecule has 4 aromatic rings. The number of aryl methyl sites for hydroxylation is 3. The fraction of sp³-hybridized carbons (Fsp3) is 0.348. The molecule has 0 aliphatic heterocycles. The van der Waals surface area contributed by atoms with E-state index in [0.29, 0.717) is 12.4 Å². The van der Waals surface area contributed by atoms with Gasteiger partial charge in [-0.3, -0.25) is 4.57 Å². The van der Waals surface area contributed by atoms with Crippen LogP contribution >= 0.6 is 11.8 Å². The fourth-order valence-corrected chi connectivity index (χ4v) is 4.33. The Morgan fingerprint density at radius 2 is 1.69 bits per heavy atom. The highest BCUT2D eigenvalue weighted by Gasteiger charge is 2.17. The Morgan fingerprint density at radius 1 is 0.906 bits per heavy atom. The zero-order valence-corrected chi connectivity index (χ0v) is 19.4. The summed E-state index contributed by atoms with van der Waals surface area (Å²) in [4.78, 5) is 0. The Balaban J connectivity index is 1.57. The molecular weight excluding hydrogens is 422 g/mol. The van der Waals surface area contributed by atoms with Crippen LogP contribution in [0.15, 0.2) is 53.7 Å². The van der Waals surface area contributed by atoms with Gasteiger partial charge < -0.3 is 4.74 Å². The van der Waals surface area contributed by atoms with Gasteiger partial charge in [0.2, 0.25) is 0 Å². The molecule has 0 radical (unpaired) electrons. The van der Waals surface area contributed by atoms with Crippen molar-refractivity contribution in [3.63, 3.8) is 0 Å². The fourth-order valence-electron chi connectivity index (χ4n) is 3.42.